The van der Waals surface area contributed by atoms with Crippen LogP contribution in [-0.4, -0.2) is 17.8 Å². The lowest BCUT2D eigenvalue weighted by Crippen LogP contribution is -2.38. The fourth-order valence-electron chi connectivity index (χ4n) is 2.02. The maximum absolute atomic E-state index is 11.7. The van der Waals surface area contributed by atoms with Crippen molar-refractivity contribution in [2.24, 2.45) is 5.92 Å². The van der Waals surface area contributed by atoms with Gasteiger partial charge in [-0.2, -0.15) is 0 Å². The van der Waals surface area contributed by atoms with E-state index in [1.807, 2.05) is 0 Å². The summed E-state index contributed by atoms with van der Waals surface area (Å²) in [6.45, 7) is 2.09. The predicted molar refractivity (Wildman–Crippen MR) is 59.5 cm³/mol. The smallest absolute Gasteiger partial charge is 0.223 e. The first-order valence-electron chi connectivity index (χ1n) is 5.64. The van der Waals surface area contributed by atoms with Gasteiger partial charge >= 0.3 is 0 Å². The zero-order valence-electron chi connectivity index (χ0n) is 8.89. The maximum Gasteiger partial charge on any atom is 0.223 e. The van der Waals surface area contributed by atoms with Gasteiger partial charge in [0.1, 0.15) is 0 Å². The molecule has 0 aromatic heterocycles. The first-order valence-corrected chi connectivity index (χ1v) is 6.17. The number of hydrogen-bond donors (Lipinski definition) is 1. The first-order chi connectivity index (χ1) is 6.77. The average molecular weight is 218 g/mol. The molecule has 0 bridgehead atoms. The van der Waals surface area contributed by atoms with Gasteiger partial charge in [0.15, 0.2) is 0 Å². The minimum absolute atomic E-state index is 0.250. The highest BCUT2D eigenvalue weighted by atomic mass is 35.5. The number of alkyl halides is 1. The van der Waals surface area contributed by atoms with Crippen molar-refractivity contribution in [3.63, 3.8) is 0 Å². The molecular formula is C11H20ClNO. The Hall–Kier alpha value is -0.240. The molecule has 2 nitrogen and oxygen atoms in total. The molecule has 1 aliphatic rings. The van der Waals surface area contributed by atoms with Crippen LogP contribution in [-0.2, 0) is 4.79 Å². The van der Waals surface area contributed by atoms with Crippen LogP contribution in [0.25, 0.3) is 0 Å². The molecule has 1 saturated carbocycles. The van der Waals surface area contributed by atoms with E-state index in [0.717, 1.165) is 25.7 Å². The summed E-state index contributed by atoms with van der Waals surface area (Å²) in [5.74, 6) is 1.16. The monoisotopic (exact) mass is 217 g/mol. The number of amides is 1. The van der Waals surface area contributed by atoms with E-state index in [4.69, 9.17) is 11.6 Å². The van der Waals surface area contributed by atoms with Gasteiger partial charge in [0.2, 0.25) is 5.91 Å². The molecule has 0 aliphatic heterocycles. The predicted octanol–water partition coefficient (Wildman–Crippen LogP) is 2.70. The van der Waals surface area contributed by atoms with Crippen molar-refractivity contribution in [2.45, 2.75) is 51.5 Å². The van der Waals surface area contributed by atoms with Crippen molar-refractivity contribution in [2.75, 3.05) is 5.88 Å². The van der Waals surface area contributed by atoms with Crippen LogP contribution in [0.4, 0.5) is 0 Å². The summed E-state index contributed by atoms with van der Waals surface area (Å²) in [6.07, 6.45) is 6.43. The van der Waals surface area contributed by atoms with E-state index < -0.39 is 0 Å². The zero-order valence-corrected chi connectivity index (χ0v) is 9.65. The Balaban J connectivity index is 2.29. The second-order valence-corrected chi connectivity index (χ2v) is 4.45. The molecule has 0 radical (unpaired) electrons. The molecule has 3 heteroatoms. The lowest BCUT2D eigenvalue weighted by molar-refractivity contribution is -0.125. The third-order valence-electron chi connectivity index (χ3n) is 3.02. The number of rotatable bonds is 5. The molecule has 82 valence electrons. The minimum Gasteiger partial charge on any atom is -0.353 e. The lowest BCUT2D eigenvalue weighted by atomic mass is 10.1. The summed E-state index contributed by atoms with van der Waals surface area (Å²) in [5, 5.41) is 3.09. The molecular weight excluding hydrogens is 198 g/mol. The van der Waals surface area contributed by atoms with Gasteiger partial charge < -0.3 is 5.32 Å². The molecule has 14 heavy (non-hydrogen) atoms. The van der Waals surface area contributed by atoms with Gasteiger partial charge in [0.25, 0.3) is 0 Å². The van der Waals surface area contributed by atoms with E-state index in [1.165, 1.54) is 12.8 Å². The molecule has 0 aromatic rings. The van der Waals surface area contributed by atoms with Crippen molar-refractivity contribution < 1.29 is 4.79 Å². The molecule has 0 heterocycles. The van der Waals surface area contributed by atoms with Crippen LogP contribution in [0.5, 0.6) is 0 Å². The number of carbonyl (C=O) groups is 1. The van der Waals surface area contributed by atoms with E-state index in [2.05, 4.69) is 12.2 Å². The number of hydrogen-bond acceptors (Lipinski definition) is 1. The Morgan fingerprint density at radius 3 is 2.64 bits per heavy atom. The molecule has 1 unspecified atom stereocenters. The quantitative estimate of drug-likeness (QED) is 0.705. The van der Waals surface area contributed by atoms with Crippen molar-refractivity contribution >= 4 is 17.5 Å². The van der Waals surface area contributed by atoms with Gasteiger partial charge in [-0.15, -0.1) is 11.6 Å². The Bertz CT molecular complexity index is 178. The van der Waals surface area contributed by atoms with Crippen LogP contribution < -0.4 is 5.32 Å². The Kier molecular flexibility index (Phi) is 5.31. The van der Waals surface area contributed by atoms with Gasteiger partial charge in [-0.25, -0.2) is 0 Å². The summed E-state index contributed by atoms with van der Waals surface area (Å²) in [4.78, 5) is 11.7. The SMILES string of the molecule is CCC(CCCl)NC(=O)C1CCCC1. The molecule has 0 aromatic carbocycles. The summed E-state index contributed by atoms with van der Waals surface area (Å²) < 4.78 is 0. The van der Waals surface area contributed by atoms with Crippen LogP contribution in [0, 0.1) is 5.92 Å². The van der Waals surface area contributed by atoms with Crippen LogP contribution in [0.2, 0.25) is 0 Å². The van der Waals surface area contributed by atoms with Crippen LogP contribution in [0.3, 0.4) is 0 Å². The van der Waals surface area contributed by atoms with Crippen LogP contribution in [0.1, 0.15) is 45.4 Å². The van der Waals surface area contributed by atoms with Gasteiger partial charge in [0, 0.05) is 17.8 Å². The van der Waals surface area contributed by atoms with Crippen molar-refractivity contribution in [1.82, 2.24) is 5.32 Å². The highest BCUT2D eigenvalue weighted by molar-refractivity contribution is 6.17. The van der Waals surface area contributed by atoms with Gasteiger partial charge in [0.05, 0.1) is 0 Å². The summed E-state index contributed by atoms with van der Waals surface area (Å²) in [6, 6.07) is 0.278. The van der Waals surface area contributed by atoms with Crippen molar-refractivity contribution in [3.05, 3.63) is 0 Å². The Labute approximate surface area is 91.4 Å². The molecule has 1 amide bonds. The Morgan fingerprint density at radius 2 is 2.14 bits per heavy atom. The number of halogens is 1. The average Bonchev–Trinajstić information content (AvgIpc) is 2.69. The third kappa shape index (κ3) is 3.49. The molecule has 1 rings (SSSR count). The lowest BCUT2D eigenvalue weighted by Gasteiger charge is -2.18. The van der Waals surface area contributed by atoms with E-state index in [9.17, 15) is 4.79 Å². The van der Waals surface area contributed by atoms with Gasteiger partial charge in [-0.05, 0) is 25.7 Å². The highest BCUT2D eigenvalue weighted by Gasteiger charge is 2.23. The van der Waals surface area contributed by atoms with E-state index >= 15 is 0 Å². The van der Waals surface area contributed by atoms with Gasteiger partial charge in [-0.1, -0.05) is 19.8 Å². The number of carbonyl (C=O) groups excluding carboxylic acids is 1. The Morgan fingerprint density at radius 1 is 1.50 bits per heavy atom. The fourth-order valence-corrected chi connectivity index (χ4v) is 2.28. The van der Waals surface area contributed by atoms with Crippen molar-refractivity contribution in [1.29, 1.82) is 0 Å². The summed E-state index contributed by atoms with van der Waals surface area (Å²) in [5.41, 5.74) is 0. The summed E-state index contributed by atoms with van der Waals surface area (Å²) in [7, 11) is 0. The van der Waals surface area contributed by atoms with E-state index in [0.29, 0.717) is 5.88 Å². The zero-order chi connectivity index (χ0) is 10.4. The summed E-state index contributed by atoms with van der Waals surface area (Å²) >= 11 is 5.67. The normalized spacial score (nSPS) is 19.6. The van der Waals surface area contributed by atoms with E-state index in [1.54, 1.807) is 0 Å². The minimum atomic E-state index is 0.250. The standard InChI is InChI=1S/C11H20ClNO/c1-2-10(7-8-12)13-11(14)9-5-3-4-6-9/h9-10H,2-8H2,1H3,(H,13,14). The van der Waals surface area contributed by atoms with Crippen LogP contribution in [0.15, 0.2) is 0 Å². The molecule has 0 spiro atoms. The molecule has 0 saturated heterocycles. The first kappa shape index (κ1) is 11.8. The second-order valence-electron chi connectivity index (χ2n) is 4.07. The largest absolute Gasteiger partial charge is 0.353 e. The molecule has 1 atom stereocenters. The van der Waals surface area contributed by atoms with Crippen LogP contribution >= 0.6 is 11.6 Å². The van der Waals surface area contributed by atoms with Gasteiger partial charge in [-0.3, -0.25) is 4.79 Å². The second kappa shape index (κ2) is 6.28. The fraction of sp³-hybridized carbons (Fsp3) is 0.909. The third-order valence-corrected chi connectivity index (χ3v) is 3.24. The number of nitrogens with one attached hydrogen (secondary N) is 1. The van der Waals surface area contributed by atoms with E-state index in [-0.39, 0.29) is 17.9 Å². The topological polar surface area (TPSA) is 29.1 Å². The molecule has 1 N–H and O–H groups in total. The molecule has 1 fully saturated rings. The van der Waals surface area contributed by atoms with Crippen molar-refractivity contribution in [3.8, 4) is 0 Å². The molecule has 1 aliphatic carbocycles. The highest BCUT2D eigenvalue weighted by Crippen LogP contribution is 2.24. The maximum atomic E-state index is 11.7.